The smallest absolute Gasteiger partial charge is 0.311 e. The van der Waals surface area contributed by atoms with E-state index in [4.69, 9.17) is 5.73 Å². The molecule has 98 valence electrons. The van der Waals surface area contributed by atoms with Crippen LogP contribution in [0.2, 0.25) is 0 Å². The zero-order valence-electron chi connectivity index (χ0n) is 10.4. The highest BCUT2D eigenvalue weighted by atomic mass is 16.6. The maximum Gasteiger partial charge on any atom is 0.311 e. The molecule has 1 aromatic heterocycles. The first-order valence-electron chi connectivity index (χ1n) is 5.79. The molecule has 2 aromatic rings. The zero-order chi connectivity index (χ0) is 13.8. The molecule has 0 saturated carbocycles. The van der Waals surface area contributed by atoms with Crippen LogP contribution in [-0.4, -0.2) is 9.91 Å². The van der Waals surface area contributed by atoms with Gasteiger partial charge in [-0.3, -0.25) is 10.1 Å². The Morgan fingerprint density at radius 1 is 1.32 bits per heavy atom. The van der Waals surface area contributed by atoms with Gasteiger partial charge < -0.3 is 11.1 Å². The molecule has 1 unspecified atom stereocenters. The molecule has 3 N–H and O–H groups in total. The molecule has 0 radical (unpaired) electrons. The first-order chi connectivity index (χ1) is 9.08. The van der Waals surface area contributed by atoms with Crippen LogP contribution >= 0.6 is 0 Å². The van der Waals surface area contributed by atoms with E-state index in [1.807, 2.05) is 19.1 Å². The van der Waals surface area contributed by atoms with Crippen molar-refractivity contribution >= 4 is 17.2 Å². The number of pyridine rings is 1. The van der Waals surface area contributed by atoms with E-state index in [0.29, 0.717) is 5.69 Å². The van der Waals surface area contributed by atoms with Gasteiger partial charge in [-0.2, -0.15) is 0 Å². The molecule has 1 heterocycles. The fourth-order valence-corrected chi connectivity index (χ4v) is 1.73. The number of hydrogen-bond acceptors (Lipinski definition) is 5. The predicted octanol–water partition coefficient (Wildman–Crippen LogP) is 2.75. The van der Waals surface area contributed by atoms with Crippen LogP contribution in [0.4, 0.5) is 17.2 Å². The van der Waals surface area contributed by atoms with Crippen LogP contribution in [0.5, 0.6) is 0 Å². The second kappa shape index (κ2) is 5.34. The summed E-state index contributed by atoms with van der Waals surface area (Å²) in [4.78, 5) is 14.4. The third-order valence-electron chi connectivity index (χ3n) is 2.77. The number of benzene rings is 1. The molecule has 0 bridgehead atoms. The summed E-state index contributed by atoms with van der Waals surface area (Å²) in [6.07, 6.45) is 1.52. The molecule has 0 amide bonds. The maximum absolute atomic E-state index is 10.9. The Hall–Kier alpha value is -2.63. The van der Waals surface area contributed by atoms with Gasteiger partial charge in [0.25, 0.3) is 0 Å². The summed E-state index contributed by atoms with van der Waals surface area (Å²) >= 11 is 0. The molecule has 0 aliphatic carbocycles. The van der Waals surface area contributed by atoms with Crippen molar-refractivity contribution in [3.8, 4) is 0 Å². The van der Waals surface area contributed by atoms with Gasteiger partial charge in [-0.25, -0.2) is 4.98 Å². The van der Waals surface area contributed by atoms with Gasteiger partial charge in [0.2, 0.25) is 5.82 Å². The fourth-order valence-electron chi connectivity index (χ4n) is 1.73. The van der Waals surface area contributed by atoms with Crippen LogP contribution in [0.3, 0.4) is 0 Å². The lowest BCUT2D eigenvalue weighted by atomic mass is 10.1. The Morgan fingerprint density at radius 2 is 2.00 bits per heavy atom. The van der Waals surface area contributed by atoms with Crippen LogP contribution in [0.1, 0.15) is 18.5 Å². The molecule has 0 fully saturated rings. The summed E-state index contributed by atoms with van der Waals surface area (Å²) in [5, 5.41) is 13.9. The Kier molecular flexibility index (Phi) is 3.61. The van der Waals surface area contributed by atoms with E-state index in [1.165, 1.54) is 18.3 Å². The lowest BCUT2D eigenvalue weighted by Gasteiger charge is -2.14. The van der Waals surface area contributed by atoms with Crippen molar-refractivity contribution in [2.75, 3.05) is 11.1 Å². The topological polar surface area (TPSA) is 94.1 Å². The molecule has 0 saturated heterocycles. The molecule has 2 rings (SSSR count). The van der Waals surface area contributed by atoms with Crippen LogP contribution in [0.15, 0.2) is 42.6 Å². The van der Waals surface area contributed by atoms with Crippen molar-refractivity contribution < 1.29 is 4.92 Å². The molecular weight excluding hydrogens is 244 g/mol. The van der Waals surface area contributed by atoms with Gasteiger partial charge in [0.05, 0.1) is 11.0 Å². The number of nitrogen functional groups attached to an aromatic ring is 1. The van der Waals surface area contributed by atoms with E-state index in [9.17, 15) is 10.1 Å². The van der Waals surface area contributed by atoms with Gasteiger partial charge in [0, 0.05) is 18.0 Å². The highest BCUT2D eigenvalue weighted by Crippen LogP contribution is 2.25. The number of aromatic nitrogens is 1. The van der Waals surface area contributed by atoms with Gasteiger partial charge in [0.15, 0.2) is 0 Å². The van der Waals surface area contributed by atoms with E-state index in [1.54, 1.807) is 12.1 Å². The number of nitro groups is 1. The Balaban J connectivity index is 2.21. The Labute approximate surface area is 110 Å². The standard InChI is InChI=1S/C13H14N4O2/c1-9(10-4-6-11(14)7-5-10)16-13-12(17(18)19)3-2-8-15-13/h2-9H,14H2,1H3,(H,15,16). The molecular formula is C13H14N4O2. The monoisotopic (exact) mass is 258 g/mol. The van der Waals surface area contributed by atoms with E-state index in [2.05, 4.69) is 10.3 Å². The third kappa shape index (κ3) is 2.98. The summed E-state index contributed by atoms with van der Waals surface area (Å²) < 4.78 is 0. The molecule has 1 atom stereocenters. The Morgan fingerprint density at radius 3 is 2.63 bits per heavy atom. The van der Waals surface area contributed by atoms with E-state index in [-0.39, 0.29) is 17.5 Å². The average Bonchev–Trinajstić information content (AvgIpc) is 2.39. The first kappa shape index (κ1) is 12.8. The molecule has 6 nitrogen and oxygen atoms in total. The number of nitrogens with two attached hydrogens (primary N) is 1. The van der Waals surface area contributed by atoms with Crippen molar-refractivity contribution in [1.82, 2.24) is 4.98 Å². The predicted molar refractivity (Wildman–Crippen MR) is 73.8 cm³/mol. The number of hydrogen-bond donors (Lipinski definition) is 2. The van der Waals surface area contributed by atoms with Gasteiger partial charge in [0.1, 0.15) is 0 Å². The SMILES string of the molecule is CC(Nc1ncccc1[N+](=O)[O-])c1ccc(N)cc1. The molecule has 0 aliphatic heterocycles. The largest absolute Gasteiger partial charge is 0.399 e. The molecule has 0 aliphatic rings. The van der Waals surface area contributed by atoms with Crippen LogP contribution < -0.4 is 11.1 Å². The van der Waals surface area contributed by atoms with Crippen molar-refractivity contribution in [1.29, 1.82) is 0 Å². The minimum Gasteiger partial charge on any atom is -0.399 e. The van der Waals surface area contributed by atoms with E-state index in [0.717, 1.165) is 5.56 Å². The summed E-state index contributed by atoms with van der Waals surface area (Å²) in [6.45, 7) is 1.91. The minimum atomic E-state index is -0.453. The molecule has 6 heteroatoms. The fraction of sp³-hybridized carbons (Fsp3) is 0.154. The molecule has 19 heavy (non-hydrogen) atoms. The highest BCUT2D eigenvalue weighted by molar-refractivity contribution is 5.56. The quantitative estimate of drug-likeness (QED) is 0.499. The second-order valence-electron chi connectivity index (χ2n) is 4.16. The maximum atomic E-state index is 10.9. The summed E-state index contributed by atoms with van der Waals surface area (Å²) in [6, 6.07) is 10.2. The lowest BCUT2D eigenvalue weighted by molar-refractivity contribution is -0.384. The van der Waals surface area contributed by atoms with E-state index < -0.39 is 4.92 Å². The van der Waals surface area contributed by atoms with Crippen LogP contribution in [-0.2, 0) is 0 Å². The molecule has 1 aromatic carbocycles. The summed E-state index contributed by atoms with van der Waals surface area (Å²) in [5.74, 6) is 0.261. The van der Waals surface area contributed by atoms with Crippen molar-refractivity contribution in [3.05, 3.63) is 58.3 Å². The van der Waals surface area contributed by atoms with Crippen LogP contribution in [0.25, 0.3) is 0 Å². The number of rotatable bonds is 4. The van der Waals surface area contributed by atoms with Crippen molar-refractivity contribution in [2.45, 2.75) is 13.0 Å². The summed E-state index contributed by atoms with van der Waals surface area (Å²) in [7, 11) is 0. The summed E-state index contributed by atoms with van der Waals surface area (Å²) in [5.41, 5.74) is 7.24. The molecule has 0 spiro atoms. The minimum absolute atomic E-state index is 0.0372. The lowest BCUT2D eigenvalue weighted by Crippen LogP contribution is -2.09. The van der Waals surface area contributed by atoms with Crippen molar-refractivity contribution in [2.24, 2.45) is 0 Å². The number of nitrogens with one attached hydrogen (secondary N) is 1. The van der Waals surface area contributed by atoms with Gasteiger partial charge in [-0.05, 0) is 30.7 Å². The Bertz CT molecular complexity index is 583. The van der Waals surface area contributed by atoms with Gasteiger partial charge >= 0.3 is 5.69 Å². The number of nitrogens with zero attached hydrogens (tertiary/aromatic N) is 2. The van der Waals surface area contributed by atoms with Crippen LogP contribution in [0, 0.1) is 10.1 Å². The van der Waals surface area contributed by atoms with Crippen molar-refractivity contribution in [3.63, 3.8) is 0 Å². The van der Waals surface area contributed by atoms with E-state index >= 15 is 0 Å². The van der Waals surface area contributed by atoms with Gasteiger partial charge in [-0.1, -0.05) is 12.1 Å². The number of anilines is 2. The average molecular weight is 258 g/mol. The first-order valence-corrected chi connectivity index (χ1v) is 5.79. The second-order valence-corrected chi connectivity index (χ2v) is 4.16. The third-order valence-corrected chi connectivity index (χ3v) is 2.77. The van der Waals surface area contributed by atoms with Gasteiger partial charge in [-0.15, -0.1) is 0 Å². The normalized spacial score (nSPS) is 11.8. The zero-order valence-corrected chi connectivity index (χ0v) is 10.4. The highest BCUT2D eigenvalue weighted by Gasteiger charge is 2.16.